The Bertz CT molecular complexity index is 511. The fraction of sp³-hybridized carbons (Fsp3) is 0.688. The smallest absolute Gasteiger partial charge is 0.336 e. The lowest BCUT2D eigenvalue weighted by molar-refractivity contribution is -0.136. The molecule has 22 heavy (non-hydrogen) atoms. The van der Waals surface area contributed by atoms with E-state index in [1.54, 1.807) is 6.21 Å². The zero-order valence-corrected chi connectivity index (χ0v) is 13.8. The number of hydrogen-bond acceptors (Lipinski definition) is 5. The second-order valence-corrected chi connectivity index (χ2v) is 5.79. The topological polar surface area (TPSA) is 63.5 Å². The number of carbonyl (C=O) groups is 1. The van der Waals surface area contributed by atoms with E-state index >= 15 is 0 Å². The molecule has 0 aromatic rings. The van der Waals surface area contributed by atoms with Crippen LogP contribution in [0.3, 0.4) is 0 Å². The zero-order valence-electron chi connectivity index (χ0n) is 13.8. The molecule has 2 atom stereocenters. The first-order chi connectivity index (χ1) is 10.5. The van der Waals surface area contributed by atoms with E-state index in [2.05, 4.69) is 21.8 Å². The molecular formula is C16H25N3O3. The summed E-state index contributed by atoms with van der Waals surface area (Å²) < 4.78 is 10.4. The highest BCUT2D eigenvalue weighted by Crippen LogP contribution is 2.23. The molecule has 2 aliphatic heterocycles. The van der Waals surface area contributed by atoms with E-state index in [0.717, 1.165) is 18.8 Å². The van der Waals surface area contributed by atoms with Crippen LogP contribution in [0.2, 0.25) is 0 Å². The quantitative estimate of drug-likeness (QED) is 0.442. The van der Waals surface area contributed by atoms with Gasteiger partial charge in [0.1, 0.15) is 5.84 Å². The largest absolute Gasteiger partial charge is 0.466 e. The van der Waals surface area contributed by atoms with Crippen molar-refractivity contribution in [3.63, 3.8) is 0 Å². The number of carbonyl (C=O) groups excluding carboxylic acids is 1. The van der Waals surface area contributed by atoms with Gasteiger partial charge < -0.3 is 14.4 Å². The van der Waals surface area contributed by atoms with E-state index in [4.69, 9.17) is 9.47 Å². The molecule has 0 bridgehead atoms. The van der Waals surface area contributed by atoms with Gasteiger partial charge in [-0.3, -0.25) is 4.99 Å². The Hall–Kier alpha value is -1.69. The fourth-order valence-electron chi connectivity index (χ4n) is 2.84. The standard InChI is InChI=1S/C16H25N3O3/c1-11-5-6-17-9-14(15(11)16(20)21-4)18-13(3)19-7-8-22-10-12(19)2/h9,11-12H,5-8,10H2,1-4H3/b18-13+/t11?,12-/m1/s1. The van der Waals surface area contributed by atoms with Crippen LogP contribution in [0, 0.1) is 5.92 Å². The first-order valence-corrected chi connectivity index (χ1v) is 7.76. The second-order valence-electron chi connectivity index (χ2n) is 5.79. The molecule has 6 heteroatoms. The Labute approximate surface area is 131 Å². The normalized spacial score (nSPS) is 26.9. The summed E-state index contributed by atoms with van der Waals surface area (Å²) in [7, 11) is 1.41. The minimum Gasteiger partial charge on any atom is -0.466 e. The lowest BCUT2D eigenvalue weighted by atomic mass is 9.96. The van der Waals surface area contributed by atoms with Gasteiger partial charge in [-0.25, -0.2) is 9.79 Å². The van der Waals surface area contributed by atoms with Crippen LogP contribution in [-0.4, -0.2) is 62.4 Å². The van der Waals surface area contributed by atoms with Crippen molar-refractivity contribution in [3.8, 4) is 0 Å². The third kappa shape index (κ3) is 3.74. The fourth-order valence-corrected chi connectivity index (χ4v) is 2.84. The highest BCUT2D eigenvalue weighted by Gasteiger charge is 2.25. The summed E-state index contributed by atoms with van der Waals surface area (Å²) in [5.41, 5.74) is 1.23. The molecule has 0 radical (unpaired) electrons. The number of esters is 1. The van der Waals surface area contributed by atoms with Crippen LogP contribution in [-0.2, 0) is 14.3 Å². The summed E-state index contributed by atoms with van der Waals surface area (Å²) >= 11 is 0. The van der Waals surface area contributed by atoms with Crippen LogP contribution in [0.15, 0.2) is 21.3 Å². The van der Waals surface area contributed by atoms with Crippen LogP contribution in [0.4, 0.5) is 0 Å². The van der Waals surface area contributed by atoms with Gasteiger partial charge in [0.2, 0.25) is 0 Å². The molecule has 0 aliphatic carbocycles. The number of aliphatic imine (C=N–C) groups is 2. The van der Waals surface area contributed by atoms with Gasteiger partial charge in [-0.05, 0) is 26.2 Å². The molecule has 0 N–H and O–H groups in total. The van der Waals surface area contributed by atoms with Gasteiger partial charge in [0, 0.05) is 19.3 Å². The molecular weight excluding hydrogens is 282 g/mol. The first-order valence-electron chi connectivity index (χ1n) is 7.76. The lowest BCUT2D eigenvalue weighted by Gasteiger charge is -2.34. The summed E-state index contributed by atoms with van der Waals surface area (Å²) in [5, 5.41) is 0. The van der Waals surface area contributed by atoms with Gasteiger partial charge in [-0.15, -0.1) is 0 Å². The molecule has 122 valence electrons. The molecule has 0 spiro atoms. The number of rotatable bonds is 2. The second kappa shape index (κ2) is 7.54. The number of methoxy groups -OCH3 is 1. The molecule has 0 aromatic heterocycles. The number of nitrogens with zero attached hydrogens (tertiary/aromatic N) is 3. The van der Waals surface area contributed by atoms with Crippen molar-refractivity contribution in [3.05, 3.63) is 11.3 Å². The van der Waals surface area contributed by atoms with E-state index in [-0.39, 0.29) is 17.9 Å². The Kier molecular flexibility index (Phi) is 5.71. The molecule has 2 aliphatic rings. The van der Waals surface area contributed by atoms with Crippen LogP contribution < -0.4 is 0 Å². The van der Waals surface area contributed by atoms with Crippen molar-refractivity contribution in [1.29, 1.82) is 0 Å². The number of hydrogen-bond donors (Lipinski definition) is 0. The van der Waals surface area contributed by atoms with Crippen molar-refractivity contribution in [2.24, 2.45) is 15.9 Å². The summed E-state index contributed by atoms with van der Waals surface area (Å²) in [6.45, 7) is 9.00. The SMILES string of the molecule is COC(=O)C1=C(/N=C(\C)N2CCOC[C@H]2C)C=NCCC1C. The average molecular weight is 307 g/mol. The average Bonchev–Trinajstić information content (AvgIpc) is 2.68. The zero-order chi connectivity index (χ0) is 16.1. The van der Waals surface area contributed by atoms with Gasteiger partial charge >= 0.3 is 5.97 Å². The summed E-state index contributed by atoms with van der Waals surface area (Å²) in [6.07, 6.45) is 2.53. The molecule has 0 amide bonds. The van der Waals surface area contributed by atoms with Crippen LogP contribution in [0.25, 0.3) is 0 Å². The van der Waals surface area contributed by atoms with Crippen molar-refractivity contribution in [2.45, 2.75) is 33.2 Å². The van der Waals surface area contributed by atoms with E-state index in [1.165, 1.54) is 7.11 Å². The number of morpholine rings is 1. The van der Waals surface area contributed by atoms with E-state index in [1.807, 2.05) is 13.8 Å². The lowest BCUT2D eigenvalue weighted by Crippen LogP contribution is -2.46. The van der Waals surface area contributed by atoms with Gasteiger partial charge in [0.05, 0.1) is 37.6 Å². The summed E-state index contributed by atoms with van der Waals surface area (Å²) in [4.78, 5) is 23.4. The Balaban J connectivity index is 2.35. The Morgan fingerprint density at radius 1 is 1.50 bits per heavy atom. The first kappa shape index (κ1) is 16.7. The molecule has 2 heterocycles. The maximum absolute atomic E-state index is 12.1. The van der Waals surface area contributed by atoms with Gasteiger partial charge in [-0.2, -0.15) is 0 Å². The number of ether oxygens (including phenoxy) is 2. The monoisotopic (exact) mass is 307 g/mol. The molecule has 0 saturated carbocycles. The highest BCUT2D eigenvalue weighted by molar-refractivity contribution is 5.99. The summed E-state index contributed by atoms with van der Waals surface area (Å²) in [6, 6.07) is 0.278. The van der Waals surface area contributed by atoms with Crippen LogP contribution in [0.5, 0.6) is 0 Å². The molecule has 2 rings (SSSR count). The van der Waals surface area contributed by atoms with E-state index < -0.39 is 0 Å². The molecule has 1 saturated heterocycles. The highest BCUT2D eigenvalue weighted by atomic mass is 16.5. The maximum Gasteiger partial charge on any atom is 0.336 e. The molecule has 1 unspecified atom stereocenters. The molecule has 6 nitrogen and oxygen atoms in total. The van der Waals surface area contributed by atoms with Crippen molar-refractivity contribution in [1.82, 2.24) is 4.90 Å². The maximum atomic E-state index is 12.1. The van der Waals surface area contributed by atoms with Gasteiger partial charge in [0.25, 0.3) is 0 Å². The number of amidine groups is 1. The van der Waals surface area contributed by atoms with Crippen LogP contribution in [0.1, 0.15) is 27.2 Å². The Morgan fingerprint density at radius 3 is 2.95 bits per heavy atom. The predicted molar refractivity (Wildman–Crippen MR) is 86.3 cm³/mol. The molecule has 0 aromatic carbocycles. The third-order valence-corrected chi connectivity index (χ3v) is 4.14. The van der Waals surface area contributed by atoms with Crippen molar-refractivity contribution >= 4 is 18.0 Å². The van der Waals surface area contributed by atoms with Crippen LogP contribution >= 0.6 is 0 Å². The van der Waals surface area contributed by atoms with Crippen molar-refractivity contribution < 1.29 is 14.3 Å². The van der Waals surface area contributed by atoms with Gasteiger partial charge in [-0.1, -0.05) is 6.92 Å². The third-order valence-electron chi connectivity index (χ3n) is 4.14. The Morgan fingerprint density at radius 2 is 2.27 bits per heavy atom. The predicted octanol–water partition coefficient (Wildman–Crippen LogP) is 1.66. The number of allylic oxidation sites excluding steroid dienone is 1. The summed E-state index contributed by atoms with van der Waals surface area (Å²) in [5.74, 6) is 0.652. The van der Waals surface area contributed by atoms with Gasteiger partial charge in [0.15, 0.2) is 0 Å². The van der Waals surface area contributed by atoms with Crippen molar-refractivity contribution in [2.75, 3.05) is 33.4 Å². The minimum atomic E-state index is -0.317. The minimum absolute atomic E-state index is 0.0867. The molecule has 1 fully saturated rings. The van der Waals surface area contributed by atoms with E-state index in [9.17, 15) is 4.79 Å². The van der Waals surface area contributed by atoms with E-state index in [0.29, 0.717) is 31.0 Å².